The summed E-state index contributed by atoms with van der Waals surface area (Å²) in [4.78, 5) is 30.0. The summed E-state index contributed by atoms with van der Waals surface area (Å²) < 4.78 is 18.1. The van der Waals surface area contributed by atoms with Crippen molar-refractivity contribution >= 4 is 23.6 Å². The van der Waals surface area contributed by atoms with E-state index in [1.54, 1.807) is 20.8 Å². The van der Waals surface area contributed by atoms with Gasteiger partial charge in [-0.25, -0.2) is 9.18 Å². The van der Waals surface area contributed by atoms with Crippen LogP contribution in [0.5, 0.6) is 0 Å². The number of benzene rings is 1. The Labute approximate surface area is 259 Å². The number of nitrogens with one attached hydrogen (secondary N) is 2. The molecule has 0 saturated carbocycles. The van der Waals surface area contributed by atoms with E-state index in [9.17, 15) is 19.3 Å². The molecular formula is C17H24FK2N3O7. The van der Waals surface area contributed by atoms with E-state index in [1.807, 2.05) is 0 Å². The second-order valence-electron chi connectivity index (χ2n) is 6.58. The number of rotatable bonds is 8. The quantitative estimate of drug-likeness (QED) is 0.163. The van der Waals surface area contributed by atoms with Crippen LogP contribution in [-0.2, 0) is 4.74 Å². The molecule has 0 fully saturated rings. The first-order valence-corrected chi connectivity index (χ1v) is 8.45. The average Bonchev–Trinajstić information content (AvgIpc) is 2.52. The van der Waals surface area contributed by atoms with Gasteiger partial charge in [0, 0.05) is 13.1 Å². The second kappa shape index (κ2) is 18.7. The molecule has 1 rings (SSSR count). The molecule has 0 heterocycles. The van der Waals surface area contributed by atoms with Crippen LogP contribution in [0.1, 0.15) is 40.0 Å². The number of halogens is 1. The zero-order valence-electron chi connectivity index (χ0n) is 18.0. The molecule has 1 amide bonds. The number of carboxylic acid groups (broad SMARTS) is 2. The number of nitro benzene ring substituents is 1. The van der Waals surface area contributed by atoms with E-state index >= 15 is 0 Å². The van der Waals surface area contributed by atoms with Crippen molar-refractivity contribution in [2.45, 2.75) is 45.6 Å². The van der Waals surface area contributed by atoms with Crippen LogP contribution in [0.25, 0.3) is 0 Å². The van der Waals surface area contributed by atoms with Gasteiger partial charge in [-0.15, -0.1) is 0 Å². The number of alkyl carbamates (subject to hydrolysis) is 1. The summed E-state index contributed by atoms with van der Waals surface area (Å²) in [5.41, 5.74) is -0.493. The normalized spacial score (nSPS) is 9.60. The molecule has 0 bridgehead atoms. The summed E-state index contributed by atoms with van der Waals surface area (Å²) in [6.07, 6.45) is -0.406. The molecule has 13 heteroatoms. The second-order valence-corrected chi connectivity index (χ2v) is 6.58. The first kappa shape index (κ1) is 34.8. The minimum absolute atomic E-state index is 0. The maximum atomic E-state index is 13.0. The van der Waals surface area contributed by atoms with Crippen molar-refractivity contribution in [3.8, 4) is 0 Å². The molecule has 1 aromatic carbocycles. The number of carbonyl (C=O) groups excluding carboxylic acids is 2. The minimum atomic E-state index is -2.33. The van der Waals surface area contributed by atoms with Crippen molar-refractivity contribution in [1.29, 1.82) is 0 Å². The molecule has 0 radical (unpaired) electrons. The van der Waals surface area contributed by atoms with Gasteiger partial charge in [-0.2, -0.15) is 0 Å². The van der Waals surface area contributed by atoms with Gasteiger partial charge in [-0.3, -0.25) is 10.1 Å². The number of hydrogen-bond acceptors (Lipinski definition) is 8. The third-order valence-corrected chi connectivity index (χ3v) is 2.99. The number of anilines is 1. The Kier molecular flexibility index (Phi) is 21.7. The molecule has 10 nitrogen and oxygen atoms in total. The SMILES string of the molecule is CC(C)(C)OC(=O)NCCCCCNc1ccc(F)cc1[N+](=O)[O-].O=C([O-])[O-].[K+].[K+]. The number of carbonyl (C=O) groups is 2. The number of nitrogens with zero attached hydrogens (tertiary/aromatic N) is 1. The Morgan fingerprint density at radius 1 is 1.10 bits per heavy atom. The first-order valence-electron chi connectivity index (χ1n) is 8.45. The summed E-state index contributed by atoms with van der Waals surface area (Å²) in [7, 11) is 0. The maximum Gasteiger partial charge on any atom is 1.00 e. The largest absolute Gasteiger partial charge is 1.00 e. The van der Waals surface area contributed by atoms with Gasteiger partial charge in [0.2, 0.25) is 0 Å². The Hall–Kier alpha value is 0.163. The molecule has 0 saturated heterocycles. The van der Waals surface area contributed by atoms with Gasteiger partial charge in [0.25, 0.3) is 5.69 Å². The average molecular weight is 480 g/mol. The fourth-order valence-electron chi connectivity index (χ4n) is 1.96. The summed E-state index contributed by atoms with van der Waals surface area (Å²) in [6.45, 7) is 6.43. The molecule has 0 atom stereocenters. The van der Waals surface area contributed by atoms with Crippen LogP contribution >= 0.6 is 0 Å². The molecular weight excluding hydrogens is 455 g/mol. The fraction of sp³-hybridized carbons (Fsp3) is 0.529. The van der Waals surface area contributed by atoms with Crippen LogP contribution in [0.15, 0.2) is 18.2 Å². The summed E-state index contributed by atoms with van der Waals surface area (Å²) in [5, 5.41) is 33.1. The smallest absolute Gasteiger partial charge is 0.652 e. The van der Waals surface area contributed by atoms with E-state index in [1.165, 1.54) is 12.1 Å². The van der Waals surface area contributed by atoms with Crippen LogP contribution in [0, 0.1) is 15.9 Å². The van der Waals surface area contributed by atoms with E-state index in [4.69, 9.17) is 19.7 Å². The zero-order chi connectivity index (χ0) is 21.7. The van der Waals surface area contributed by atoms with E-state index in [-0.39, 0.29) is 108 Å². The molecule has 0 aliphatic rings. The van der Waals surface area contributed by atoms with Crippen molar-refractivity contribution in [2.75, 3.05) is 18.4 Å². The Morgan fingerprint density at radius 2 is 1.63 bits per heavy atom. The van der Waals surface area contributed by atoms with Gasteiger partial charge in [0.15, 0.2) is 0 Å². The Morgan fingerprint density at radius 3 is 2.13 bits per heavy atom. The van der Waals surface area contributed by atoms with E-state index < -0.39 is 28.6 Å². The van der Waals surface area contributed by atoms with Gasteiger partial charge in [-0.1, -0.05) is 0 Å². The molecule has 0 spiro atoms. The van der Waals surface area contributed by atoms with Crippen molar-refractivity contribution in [3.05, 3.63) is 34.1 Å². The van der Waals surface area contributed by atoms with Crippen LogP contribution in [0.3, 0.4) is 0 Å². The third-order valence-electron chi connectivity index (χ3n) is 2.99. The van der Waals surface area contributed by atoms with Gasteiger partial charge in [0.1, 0.15) is 17.1 Å². The third kappa shape index (κ3) is 20.1. The Bertz CT molecular complexity index is 669. The van der Waals surface area contributed by atoms with Crippen LogP contribution in [-0.4, -0.2) is 35.9 Å². The number of nitro groups is 1. The molecule has 158 valence electrons. The molecule has 0 unspecified atom stereocenters. The summed E-state index contributed by atoms with van der Waals surface area (Å²) >= 11 is 0. The predicted octanol–water partition coefficient (Wildman–Crippen LogP) is -4.60. The van der Waals surface area contributed by atoms with Crippen molar-refractivity contribution in [3.63, 3.8) is 0 Å². The predicted molar refractivity (Wildman–Crippen MR) is 95.0 cm³/mol. The molecule has 0 aliphatic carbocycles. The van der Waals surface area contributed by atoms with Gasteiger partial charge < -0.3 is 30.4 Å². The zero-order valence-corrected chi connectivity index (χ0v) is 24.2. The summed E-state index contributed by atoms with van der Waals surface area (Å²) in [6, 6.07) is 3.44. The number of unbranched alkanes of at least 4 members (excludes halogenated alkanes) is 2. The van der Waals surface area contributed by atoms with Gasteiger partial charge >= 0.3 is 109 Å². The summed E-state index contributed by atoms with van der Waals surface area (Å²) in [5.74, 6) is -0.638. The van der Waals surface area contributed by atoms with Crippen LogP contribution in [0.2, 0.25) is 0 Å². The van der Waals surface area contributed by atoms with Crippen molar-refractivity contribution in [1.82, 2.24) is 5.32 Å². The molecule has 30 heavy (non-hydrogen) atoms. The van der Waals surface area contributed by atoms with E-state index in [2.05, 4.69) is 10.6 Å². The van der Waals surface area contributed by atoms with Gasteiger partial charge in [-0.05, 0) is 58.3 Å². The molecule has 2 N–H and O–H groups in total. The topological polar surface area (TPSA) is 157 Å². The van der Waals surface area contributed by atoms with E-state index in [0.29, 0.717) is 18.8 Å². The fourth-order valence-corrected chi connectivity index (χ4v) is 1.96. The molecule has 0 aliphatic heterocycles. The standard InChI is InChI=1S/C16H24FN3O4.CH2O3.2K/c1-16(2,3)24-15(21)19-10-6-4-5-9-18-13-8-7-12(17)11-14(13)20(22)23;2-1(3)4;;/h7-8,11,18H,4-6,9-10H2,1-3H3,(H,19,21);(H2,2,3,4);;/q;;2*+1/p-2. The monoisotopic (exact) mass is 479 g/mol. The Balaban J connectivity index is -0.00000111. The first-order chi connectivity index (χ1) is 12.9. The van der Waals surface area contributed by atoms with Crippen molar-refractivity contribution in [2.24, 2.45) is 0 Å². The van der Waals surface area contributed by atoms with Gasteiger partial charge in [0.05, 0.1) is 11.0 Å². The van der Waals surface area contributed by atoms with Crippen LogP contribution in [0.4, 0.5) is 25.4 Å². The number of hydrogen-bond donors (Lipinski definition) is 2. The number of amides is 1. The number of ether oxygens (including phenoxy) is 1. The van der Waals surface area contributed by atoms with E-state index in [0.717, 1.165) is 25.3 Å². The maximum absolute atomic E-state index is 13.0. The van der Waals surface area contributed by atoms with Crippen molar-refractivity contribution < 1.29 is 137 Å². The van der Waals surface area contributed by atoms with Crippen LogP contribution < -0.4 is 124 Å². The molecule has 0 aromatic heterocycles. The molecule has 1 aromatic rings. The minimum Gasteiger partial charge on any atom is -0.652 e.